The Morgan fingerprint density at radius 3 is 1.06 bits per heavy atom. The van der Waals surface area contributed by atoms with E-state index >= 15 is 0 Å². The van der Waals surface area contributed by atoms with Gasteiger partial charge in [0, 0.05) is 0 Å². The van der Waals surface area contributed by atoms with Gasteiger partial charge in [0.25, 0.3) is 0 Å². The van der Waals surface area contributed by atoms with Gasteiger partial charge in [0.1, 0.15) is 0 Å². The van der Waals surface area contributed by atoms with Crippen LogP contribution in [0.5, 0.6) is 0 Å². The van der Waals surface area contributed by atoms with Gasteiger partial charge in [-0.3, -0.25) is 5.26 Å². The zero-order chi connectivity index (χ0) is 22.7. The molecular weight excluding hydrogens is 384 g/mol. The Labute approximate surface area is 195 Å². The number of aliphatic hydroxyl groups is 1. The van der Waals surface area contributed by atoms with Gasteiger partial charge < -0.3 is 5.11 Å². The summed E-state index contributed by atoms with van der Waals surface area (Å²) < 4.78 is 0. The Kier molecular flexibility index (Phi) is 27.8. The average Bonchev–Trinajstić information content (AvgIpc) is 2.77. The maximum atomic E-state index is 10.2. The molecule has 1 atom stereocenters. The molecule has 0 spiro atoms. The van der Waals surface area contributed by atoms with Crippen LogP contribution < -0.4 is 0 Å². The fourth-order valence-corrected chi connectivity index (χ4v) is 4.50. The molecule has 0 heterocycles. The molecule has 0 saturated carbocycles. The quantitative estimate of drug-likeness (QED) is 0.0756. The van der Waals surface area contributed by atoms with E-state index in [0.29, 0.717) is 6.61 Å². The first-order valence-corrected chi connectivity index (χ1v) is 14.3. The van der Waals surface area contributed by atoms with Crippen molar-refractivity contribution in [3.05, 3.63) is 0 Å². The van der Waals surface area contributed by atoms with E-state index in [0.717, 1.165) is 19.3 Å². The topological polar surface area (TPSA) is 49.7 Å². The van der Waals surface area contributed by atoms with E-state index in [-0.39, 0.29) is 6.10 Å². The molecule has 0 aliphatic carbocycles. The van der Waals surface area contributed by atoms with Crippen molar-refractivity contribution in [1.82, 2.24) is 0 Å². The SMILES string of the molecule is CCCCCCCCCCCCC(O)CCCCCCCCCCCCCCCOO. The summed E-state index contributed by atoms with van der Waals surface area (Å²) in [5.74, 6) is 0. The van der Waals surface area contributed by atoms with Crippen LogP contribution in [0.25, 0.3) is 0 Å². The summed E-state index contributed by atoms with van der Waals surface area (Å²) in [6, 6.07) is 0. The van der Waals surface area contributed by atoms with E-state index in [9.17, 15) is 5.11 Å². The summed E-state index contributed by atoms with van der Waals surface area (Å²) in [4.78, 5) is 4.09. The van der Waals surface area contributed by atoms with Crippen LogP contribution in [0.15, 0.2) is 0 Å². The summed E-state index contributed by atoms with van der Waals surface area (Å²) in [6.07, 6.45) is 32.6. The first kappa shape index (κ1) is 30.9. The van der Waals surface area contributed by atoms with Gasteiger partial charge in [0.15, 0.2) is 0 Å². The zero-order valence-electron chi connectivity index (χ0n) is 21.3. The van der Waals surface area contributed by atoms with Gasteiger partial charge in [-0.1, -0.05) is 148 Å². The third kappa shape index (κ3) is 27.8. The molecule has 0 aromatic heterocycles. The van der Waals surface area contributed by atoms with Crippen LogP contribution in [0.3, 0.4) is 0 Å². The standard InChI is InChI=1S/C28H58O3/c1-2-3-4-5-6-7-13-16-19-22-25-28(29)26-23-20-17-14-11-9-8-10-12-15-18-21-24-27-31-30/h28-30H,2-27H2,1H3. The van der Waals surface area contributed by atoms with Crippen LogP contribution in [-0.4, -0.2) is 23.1 Å². The van der Waals surface area contributed by atoms with Gasteiger partial charge in [-0.2, -0.15) is 0 Å². The maximum Gasteiger partial charge on any atom is 0.0819 e. The smallest absolute Gasteiger partial charge is 0.0819 e. The molecule has 3 heteroatoms. The van der Waals surface area contributed by atoms with Gasteiger partial charge in [-0.05, 0) is 19.3 Å². The predicted molar refractivity (Wildman–Crippen MR) is 136 cm³/mol. The van der Waals surface area contributed by atoms with Crippen molar-refractivity contribution in [1.29, 1.82) is 0 Å². The molecule has 0 rings (SSSR count). The van der Waals surface area contributed by atoms with Crippen molar-refractivity contribution < 1.29 is 15.3 Å². The summed E-state index contributed by atoms with van der Waals surface area (Å²) in [6.45, 7) is 2.76. The molecule has 188 valence electrons. The van der Waals surface area contributed by atoms with Crippen molar-refractivity contribution in [2.45, 2.75) is 174 Å². The van der Waals surface area contributed by atoms with Crippen LogP contribution in [0.1, 0.15) is 167 Å². The van der Waals surface area contributed by atoms with Crippen molar-refractivity contribution in [2.24, 2.45) is 0 Å². The Morgan fingerprint density at radius 1 is 0.452 bits per heavy atom. The molecule has 0 radical (unpaired) electrons. The lowest BCUT2D eigenvalue weighted by atomic mass is 10.0. The highest BCUT2D eigenvalue weighted by Crippen LogP contribution is 2.16. The second-order valence-corrected chi connectivity index (χ2v) is 9.84. The number of rotatable bonds is 27. The predicted octanol–water partition coefficient (Wildman–Crippen LogP) is 9.61. The van der Waals surface area contributed by atoms with Gasteiger partial charge >= 0.3 is 0 Å². The van der Waals surface area contributed by atoms with Gasteiger partial charge in [0.05, 0.1) is 12.7 Å². The Hall–Kier alpha value is -0.120. The van der Waals surface area contributed by atoms with Crippen LogP contribution >= 0.6 is 0 Å². The minimum Gasteiger partial charge on any atom is -0.393 e. The van der Waals surface area contributed by atoms with Gasteiger partial charge in [-0.15, -0.1) is 0 Å². The number of hydrogen-bond acceptors (Lipinski definition) is 3. The Bertz CT molecular complexity index is 309. The number of unbranched alkanes of at least 4 members (excludes halogenated alkanes) is 21. The third-order valence-electron chi connectivity index (χ3n) is 6.66. The monoisotopic (exact) mass is 442 g/mol. The minimum absolute atomic E-state index is 0.0507. The van der Waals surface area contributed by atoms with Crippen molar-refractivity contribution in [3.63, 3.8) is 0 Å². The molecule has 1 unspecified atom stereocenters. The largest absolute Gasteiger partial charge is 0.393 e. The molecule has 31 heavy (non-hydrogen) atoms. The second-order valence-electron chi connectivity index (χ2n) is 9.84. The van der Waals surface area contributed by atoms with Crippen LogP contribution in [0, 0.1) is 0 Å². The van der Waals surface area contributed by atoms with E-state index in [4.69, 9.17) is 5.26 Å². The Balaban J connectivity index is 3.12. The summed E-state index contributed by atoms with van der Waals surface area (Å²) in [5.41, 5.74) is 0. The highest BCUT2D eigenvalue weighted by Gasteiger charge is 2.04. The summed E-state index contributed by atoms with van der Waals surface area (Å²) >= 11 is 0. The molecule has 0 bridgehead atoms. The van der Waals surface area contributed by atoms with E-state index in [1.54, 1.807) is 0 Å². The molecule has 0 saturated heterocycles. The van der Waals surface area contributed by atoms with Crippen LogP contribution in [0.2, 0.25) is 0 Å². The fourth-order valence-electron chi connectivity index (χ4n) is 4.50. The minimum atomic E-state index is -0.0507. The molecule has 2 N–H and O–H groups in total. The molecule has 0 aromatic rings. The maximum absolute atomic E-state index is 10.2. The highest BCUT2D eigenvalue weighted by atomic mass is 17.1. The third-order valence-corrected chi connectivity index (χ3v) is 6.66. The van der Waals surface area contributed by atoms with E-state index in [1.165, 1.54) is 141 Å². The van der Waals surface area contributed by atoms with Crippen LogP contribution in [0.4, 0.5) is 0 Å². The molecule has 0 amide bonds. The fraction of sp³-hybridized carbons (Fsp3) is 1.00. The van der Waals surface area contributed by atoms with E-state index in [2.05, 4.69) is 11.8 Å². The van der Waals surface area contributed by atoms with Crippen molar-refractivity contribution in [2.75, 3.05) is 6.61 Å². The molecule has 3 nitrogen and oxygen atoms in total. The Morgan fingerprint density at radius 2 is 0.742 bits per heavy atom. The molecule has 0 fully saturated rings. The lowest BCUT2D eigenvalue weighted by molar-refractivity contribution is -0.242. The van der Waals surface area contributed by atoms with Crippen LogP contribution in [-0.2, 0) is 4.89 Å². The van der Waals surface area contributed by atoms with Gasteiger partial charge in [0.2, 0.25) is 0 Å². The second kappa shape index (κ2) is 27.9. The average molecular weight is 443 g/mol. The number of hydrogen-bond donors (Lipinski definition) is 2. The summed E-state index contributed by atoms with van der Waals surface area (Å²) in [5, 5.41) is 18.4. The number of aliphatic hydroxyl groups excluding tert-OH is 1. The first-order chi connectivity index (χ1) is 15.3. The molecule has 0 aliphatic heterocycles. The van der Waals surface area contributed by atoms with Gasteiger partial charge in [-0.25, -0.2) is 4.89 Å². The normalized spacial score (nSPS) is 12.5. The zero-order valence-corrected chi connectivity index (χ0v) is 21.3. The van der Waals surface area contributed by atoms with E-state index < -0.39 is 0 Å². The van der Waals surface area contributed by atoms with E-state index in [1.807, 2.05) is 0 Å². The highest BCUT2D eigenvalue weighted by molar-refractivity contribution is 4.58. The lowest BCUT2D eigenvalue weighted by Crippen LogP contribution is -2.05. The van der Waals surface area contributed by atoms with Crippen molar-refractivity contribution in [3.8, 4) is 0 Å². The lowest BCUT2D eigenvalue weighted by Gasteiger charge is -2.10. The summed E-state index contributed by atoms with van der Waals surface area (Å²) in [7, 11) is 0. The van der Waals surface area contributed by atoms with Crippen molar-refractivity contribution >= 4 is 0 Å². The first-order valence-electron chi connectivity index (χ1n) is 14.3. The molecule has 0 aromatic carbocycles. The molecular formula is C28H58O3. The molecule has 0 aliphatic rings.